The fraction of sp³-hybridized carbons (Fsp3) is 0.471. The lowest BCUT2D eigenvalue weighted by atomic mass is 10.1. The number of amides is 3. The van der Waals surface area contributed by atoms with Crippen molar-refractivity contribution < 1.29 is 14.4 Å². The molecule has 118 valence electrons. The molecule has 0 saturated carbocycles. The lowest BCUT2D eigenvalue weighted by Crippen LogP contribution is -2.32. The molecule has 1 aromatic rings. The van der Waals surface area contributed by atoms with Gasteiger partial charge in [0.25, 0.3) is 11.8 Å². The summed E-state index contributed by atoms with van der Waals surface area (Å²) in [7, 11) is 0. The molecule has 1 aliphatic rings. The predicted octanol–water partition coefficient (Wildman–Crippen LogP) is 2.14. The minimum absolute atomic E-state index is 0.0406. The van der Waals surface area contributed by atoms with Crippen LogP contribution in [0.15, 0.2) is 18.2 Å². The van der Waals surface area contributed by atoms with Gasteiger partial charge >= 0.3 is 0 Å². The predicted molar refractivity (Wildman–Crippen MR) is 83.6 cm³/mol. The Morgan fingerprint density at radius 1 is 1.18 bits per heavy atom. The van der Waals surface area contributed by atoms with Crippen LogP contribution in [0.25, 0.3) is 0 Å². The molecule has 1 N–H and O–H groups in total. The molecular formula is C17H22N2O3. The minimum atomic E-state index is -0.261. The molecular weight excluding hydrogens is 280 g/mol. The second-order valence-electron chi connectivity index (χ2n) is 6.11. The summed E-state index contributed by atoms with van der Waals surface area (Å²) in [5.41, 5.74) is 1.88. The summed E-state index contributed by atoms with van der Waals surface area (Å²) in [6, 6.07) is 5.26. The first-order valence-corrected chi connectivity index (χ1v) is 7.63. The zero-order valence-corrected chi connectivity index (χ0v) is 13.3. The standard InChI is InChI=1S/C17H22N2O3/c1-11(2)10-18-15(20)5-4-8-19-16(21)13-7-6-12(3)9-14(13)17(19)22/h6-7,9,11H,4-5,8,10H2,1-3H3,(H,18,20). The zero-order valence-electron chi connectivity index (χ0n) is 13.3. The first-order chi connectivity index (χ1) is 10.4. The average Bonchev–Trinajstić information content (AvgIpc) is 2.69. The van der Waals surface area contributed by atoms with Gasteiger partial charge in [0.1, 0.15) is 0 Å². The molecule has 22 heavy (non-hydrogen) atoms. The normalized spacial score (nSPS) is 13.7. The number of hydrogen-bond acceptors (Lipinski definition) is 3. The van der Waals surface area contributed by atoms with Crippen molar-refractivity contribution in [3.05, 3.63) is 34.9 Å². The molecule has 1 heterocycles. The Balaban J connectivity index is 1.89. The lowest BCUT2D eigenvalue weighted by molar-refractivity contribution is -0.121. The number of aryl methyl sites for hydroxylation is 1. The molecule has 0 aromatic heterocycles. The summed E-state index contributed by atoms with van der Waals surface area (Å²) < 4.78 is 0. The summed E-state index contributed by atoms with van der Waals surface area (Å²) in [6.45, 7) is 6.87. The highest BCUT2D eigenvalue weighted by Gasteiger charge is 2.34. The quantitative estimate of drug-likeness (QED) is 0.819. The molecule has 0 fully saturated rings. The van der Waals surface area contributed by atoms with Crippen LogP contribution in [0.3, 0.4) is 0 Å². The Labute approximate surface area is 130 Å². The molecule has 2 rings (SSSR count). The topological polar surface area (TPSA) is 66.5 Å². The van der Waals surface area contributed by atoms with E-state index in [9.17, 15) is 14.4 Å². The monoisotopic (exact) mass is 302 g/mol. The van der Waals surface area contributed by atoms with Crippen molar-refractivity contribution in [1.82, 2.24) is 10.2 Å². The smallest absolute Gasteiger partial charge is 0.261 e. The van der Waals surface area contributed by atoms with Crippen LogP contribution in [0, 0.1) is 12.8 Å². The van der Waals surface area contributed by atoms with Crippen molar-refractivity contribution in [1.29, 1.82) is 0 Å². The third-order valence-electron chi connectivity index (χ3n) is 3.62. The van der Waals surface area contributed by atoms with E-state index in [0.29, 0.717) is 36.4 Å². The SMILES string of the molecule is Cc1ccc2c(c1)C(=O)N(CCCC(=O)NCC(C)C)C2=O. The second kappa shape index (κ2) is 6.73. The van der Waals surface area contributed by atoms with E-state index in [1.54, 1.807) is 12.1 Å². The van der Waals surface area contributed by atoms with Gasteiger partial charge in [-0.05, 0) is 31.4 Å². The van der Waals surface area contributed by atoms with Gasteiger partial charge in [0.15, 0.2) is 0 Å². The summed E-state index contributed by atoms with van der Waals surface area (Å²) in [4.78, 5) is 37.4. The largest absolute Gasteiger partial charge is 0.356 e. The van der Waals surface area contributed by atoms with Gasteiger partial charge in [0.2, 0.25) is 5.91 Å². The summed E-state index contributed by atoms with van der Waals surface area (Å²) >= 11 is 0. The molecule has 1 aromatic carbocycles. The Kier molecular flexibility index (Phi) is 4.96. The summed E-state index contributed by atoms with van der Waals surface area (Å²) in [6.07, 6.45) is 0.799. The van der Waals surface area contributed by atoms with E-state index in [0.717, 1.165) is 5.56 Å². The minimum Gasteiger partial charge on any atom is -0.356 e. The van der Waals surface area contributed by atoms with Crippen LogP contribution in [0.1, 0.15) is 53.0 Å². The maximum atomic E-state index is 12.3. The van der Waals surface area contributed by atoms with Crippen molar-refractivity contribution in [2.75, 3.05) is 13.1 Å². The van der Waals surface area contributed by atoms with Crippen LogP contribution >= 0.6 is 0 Å². The molecule has 0 radical (unpaired) electrons. The van der Waals surface area contributed by atoms with Crippen LogP contribution < -0.4 is 5.32 Å². The molecule has 5 nitrogen and oxygen atoms in total. The van der Waals surface area contributed by atoms with Crippen molar-refractivity contribution >= 4 is 17.7 Å². The van der Waals surface area contributed by atoms with Crippen molar-refractivity contribution in [2.24, 2.45) is 5.92 Å². The molecule has 0 spiro atoms. The molecule has 0 aliphatic carbocycles. The number of carbonyl (C=O) groups is 3. The van der Waals surface area contributed by atoms with Crippen LogP contribution in [0.2, 0.25) is 0 Å². The fourth-order valence-electron chi connectivity index (χ4n) is 2.41. The highest BCUT2D eigenvalue weighted by Crippen LogP contribution is 2.24. The van der Waals surface area contributed by atoms with Crippen LogP contribution in [0.5, 0.6) is 0 Å². The summed E-state index contributed by atoms with van der Waals surface area (Å²) in [5.74, 6) is -0.154. The third-order valence-corrected chi connectivity index (χ3v) is 3.62. The van der Waals surface area contributed by atoms with E-state index in [2.05, 4.69) is 5.32 Å². The molecule has 0 saturated heterocycles. The molecule has 0 atom stereocenters. The van der Waals surface area contributed by atoms with Crippen molar-refractivity contribution in [3.63, 3.8) is 0 Å². The van der Waals surface area contributed by atoms with Crippen molar-refractivity contribution in [3.8, 4) is 0 Å². The number of benzene rings is 1. The number of imide groups is 1. The zero-order chi connectivity index (χ0) is 16.3. The molecule has 0 unspecified atom stereocenters. The van der Waals surface area contributed by atoms with E-state index >= 15 is 0 Å². The molecule has 3 amide bonds. The number of carbonyl (C=O) groups excluding carboxylic acids is 3. The van der Waals surface area contributed by atoms with Gasteiger partial charge < -0.3 is 5.32 Å². The maximum Gasteiger partial charge on any atom is 0.261 e. The molecule has 0 bridgehead atoms. The van der Waals surface area contributed by atoms with Crippen LogP contribution in [0.4, 0.5) is 0 Å². The highest BCUT2D eigenvalue weighted by atomic mass is 16.2. The average molecular weight is 302 g/mol. The number of fused-ring (bicyclic) bond motifs is 1. The Morgan fingerprint density at radius 3 is 2.55 bits per heavy atom. The number of rotatable bonds is 6. The Morgan fingerprint density at radius 2 is 1.86 bits per heavy atom. The number of hydrogen-bond donors (Lipinski definition) is 1. The van der Waals surface area contributed by atoms with E-state index in [-0.39, 0.29) is 24.3 Å². The van der Waals surface area contributed by atoms with Gasteiger partial charge in [0, 0.05) is 19.5 Å². The van der Waals surface area contributed by atoms with Gasteiger partial charge in [-0.25, -0.2) is 0 Å². The van der Waals surface area contributed by atoms with E-state index in [1.165, 1.54) is 4.90 Å². The van der Waals surface area contributed by atoms with Gasteiger partial charge in [0.05, 0.1) is 11.1 Å². The van der Waals surface area contributed by atoms with E-state index in [4.69, 9.17) is 0 Å². The number of nitrogens with zero attached hydrogens (tertiary/aromatic N) is 1. The Hall–Kier alpha value is -2.17. The van der Waals surface area contributed by atoms with E-state index in [1.807, 2.05) is 26.8 Å². The Bertz CT molecular complexity index is 608. The van der Waals surface area contributed by atoms with Gasteiger partial charge in [-0.1, -0.05) is 25.5 Å². The first-order valence-electron chi connectivity index (χ1n) is 7.63. The van der Waals surface area contributed by atoms with Crippen LogP contribution in [-0.2, 0) is 4.79 Å². The van der Waals surface area contributed by atoms with Crippen molar-refractivity contribution in [2.45, 2.75) is 33.6 Å². The maximum absolute atomic E-state index is 12.3. The summed E-state index contributed by atoms with van der Waals surface area (Å²) in [5, 5.41) is 2.83. The van der Waals surface area contributed by atoms with Gasteiger partial charge in [-0.3, -0.25) is 19.3 Å². The van der Waals surface area contributed by atoms with Gasteiger partial charge in [-0.15, -0.1) is 0 Å². The van der Waals surface area contributed by atoms with E-state index < -0.39 is 0 Å². The highest BCUT2D eigenvalue weighted by molar-refractivity contribution is 6.21. The fourth-order valence-corrected chi connectivity index (χ4v) is 2.41. The second-order valence-corrected chi connectivity index (χ2v) is 6.11. The first kappa shape index (κ1) is 16.2. The van der Waals surface area contributed by atoms with Gasteiger partial charge in [-0.2, -0.15) is 0 Å². The molecule has 1 aliphatic heterocycles. The number of nitrogens with one attached hydrogen (secondary N) is 1. The third kappa shape index (κ3) is 3.53. The molecule has 5 heteroatoms. The van der Waals surface area contributed by atoms with Crippen LogP contribution in [-0.4, -0.2) is 35.7 Å². The lowest BCUT2D eigenvalue weighted by Gasteiger charge is -2.13.